The smallest absolute Gasteiger partial charge is 0.0682 e. The monoisotopic (exact) mass is 190 g/mol. The van der Waals surface area contributed by atoms with Gasteiger partial charge in [0.15, 0.2) is 0 Å². The molecule has 1 aromatic carbocycles. The molecule has 13 heavy (non-hydrogen) atoms. The van der Waals surface area contributed by atoms with Gasteiger partial charge in [-0.3, -0.25) is 5.01 Å². The highest BCUT2D eigenvalue weighted by atomic mass is 32.1. The molecule has 1 aromatic heterocycles. The fraction of sp³-hybridized carbons (Fsp3) is 0. The van der Waals surface area contributed by atoms with Gasteiger partial charge >= 0.3 is 0 Å². The number of hydrogen-bond donors (Lipinski definition) is 1. The van der Waals surface area contributed by atoms with Gasteiger partial charge in [0.2, 0.25) is 0 Å². The van der Waals surface area contributed by atoms with Crippen molar-refractivity contribution in [2.45, 2.75) is 0 Å². The van der Waals surface area contributed by atoms with Crippen LogP contribution in [-0.4, -0.2) is 0 Å². The lowest BCUT2D eigenvalue weighted by atomic mass is 10.3. The van der Waals surface area contributed by atoms with Crippen LogP contribution in [0.25, 0.3) is 0 Å². The fourth-order valence-electron chi connectivity index (χ4n) is 1.13. The van der Waals surface area contributed by atoms with Crippen molar-refractivity contribution in [3.63, 3.8) is 0 Å². The highest BCUT2D eigenvalue weighted by molar-refractivity contribution is 7.08. The van der Waals surface area contributed by atoms with Crippen molar-refractivity contribution in [1.29, 1.82) is 0 Å². The Balaban J connectivity index is 2.29. The van der Waals surface area contributed by atoms with Crippen molar-refractivity contribution < 1.29 is 0 Å². The molecule has 0 fully saturated rings. The molecule has 0 aliphatic carbocycles. The molecule has 0 radical (unpaired) electrons. The maximum Gasteiger partial charge on any atom is 0.0682 e. The van der Waals surface area contributed by atoms with Crippen LogP contribution in [0.4, 0.5) is 11.4 Å². The van der Waals surface area contributed by atoms with E-state index in [1.165, 1.54) is 0 Å². The third kappa shape index (κ3) is 1.71. The van der Waals surface area contributed by atoms with Gasteiger partial charge in [-0.05, 0) is 23.6 Å². The predicted octanol–water partition coefficient (Wildman–Crippen LogP) is 2.76. The zero-order valence-corrected chi connectivity index (χ0v) is 7.87. The van der Waals surface area contributed by atoms with Crippen LogP contribution in [0.15, 0.2) is 47.2 Å². The van der Waals surface area contributed by atoms with E-state index in [0.29, 0.717) is 0 Å². The average Bonchev–Trinajstić information content (AvgIpc) is 2.71. The van der Waals surface area contributed by atoms with E-state index in [2.05, 4.69) is 0 Å². The minimum Gasteiger partial charge on any atom is -0.279 e. The maximum atomic E-state index is 5.90. The van der Waals surface area contributed by atoms with E-state index >= 15 is 0 Å². The van der Waals surface area contributed by atoms with Crippen molar-refractivity contribution >= 4 is 22.7 Å². The van der Waals surface area contributed by atoms with Gasteiger partial charge in [0.1, 0.15) is 0 Å². The summed E-state index contributed by atoms with van der Waals surface area (Å²) in [6.45, 7) is 0. The van der Waals surface area contributed by atoms with E-state index in [1.807, 2.05) is 47.2 Å². The molecule has 0 saturated carbocycles. The van der Waals surface area contributed by atoms with E-state index < -0.39 is 0 Å². The molecule has 0 spiro atoms. The lowest BCUT2D eigenvalue weighted by Gasteiger charge is -2.16. The Kier molecular flexibility index (Phi) is 2.29. The first kappa shape index (κ1) is 8.29. The minimum absolute atomic E-state index is 1.00. The van der Waals surface area contributed by atoms with Gasteiger partial charge in [-0.2, -0.15) is 11.3 Å². The molecule has 0 bridgehead atoms. The number of hydrogen-bond acceptors (Lipinski definition) is 3. The van der Waals surface area contributed by atoms with Crippen molar-refractivity contribution in [3.8, 4) is 0 Å². The molecule has 66 valence electrons. The Bertz CT molecular complexity index is 356. The lowest BCUT2D eigenvalue weighted by molar-refractivity contribution is 1.09. The second kappa shape index (κ2) is 3.60. The highest BCUT2D eigenvalue weighted by Crippen LogP contribution is 2.22. The lowest BCUT2D eigenvalue weighted by Crippen LogP contribution is -2.23. The van der Waals surface area contributed by atoms with Crippen LogP contribution in [0.1, 0.15) is 0 Å². The normalized spacial score (nSPS) is 9.92. The number of rotatable bonds is 2. The van der Waals surface area contributed by atoms with Crippen LogP contribution in [0.5, 0.6) is 0 Å². The summed E-state index contributed by atoms with van der Waals surface area (Å²) in [5.41, 5.74) is 2.03. The SMILES string of the molecule is NN(c1ccccc1)c1ccsc1. The quantitative estimate of drug-likeness (QED) is 0.582. The summed E-state index contributed by atoms with van der Waals surface area (Å²) >= 11 is 1.64. The summed E-state index contributed by atoms with van der Waals surface area (Å²) < 4.78 is 0. The Morgan fingerprint density at radius 3 is 2.38 bits per heavy atom. The molecular weight excluding hydrogens is 180 g/mol. The molecule has 0 aliphatic heterocycles. The largest absolute Gasteiger partial charge is 0.279 e. The topological polar surface area (TPSA) is 29.3 Å². The molecule has 0 saturated heterocycles. The van der Waals surface area contributed by atoms with Crippen molar-refractivity contribution in [1.82, 2.24) is 0 Å². The molecule has 0 unspecified atom stereocenters. The standard InChI is InChI=1S/C10H10N2S/c11-12(10-6-7-13-8-10)9-4-2-1-3-5-9/h1-8H,11H2. The van der Waals surface area contributed by atoms with Crippen LogP contribution in [0.2, 0.25) is 0 Å². The molecule has 1 heterocycles. The average molecular weight is 190 g/mol. The number of benzene rings is 1. The number of para-hydroxylation sites is 1. The first-order chi connectivity index (χ1) is 6.38. The minimum atomic E-state index is 1.00. The number of hydrazine groups is 1. The summed E-state index contributed by atoms with van der Waals surface area (Å²) in [7, 11) is 0. The number of thiophene rings is 1. The molecule has 0 amide bonds. The van der Waals surface area contributed by atoms with Crippen LogP contribution in [0, 0.1) is 0 Å². The molecule has 2 aromatic rings. The summed E-state index contributed by atoms with van der Waals surface area (Å²) in [5.74, 6) is 5.90. The van der Waals surface area contributed by atoms with Crippen molar-refractivity contribution in [2.75, 3.05) is 5.01 Å². The van der Waals surface area contributed by atoms with E-state index in [9.17, 15) is 0 Å². The van der Waals surface area contributed by atoms with Crippen LogP contribution in [-0.2, 0) is 0 Å². The van der Waals surface area contributed by atoms with Gasteiger partial charge in [0, 0.05) is 5.38 Å². The summed E-state index contributed by atoms with van der Waals surface area (Å²) in [5, 5.41) is 5.71. The molecule has 0 atom stereocenters. The van der Waals surface area contributed by atoms with E-state index in [4.69, 9.17) is 5.84 Å². The van der Waals surface area contributed by atoms with Crippen LogP contribution < -0.4 is 10.9 Å². The van der Waals surface area contributed by atoms with Gasteiger partial charge in [-0.15, -0.1) is 0 Å². The Hall–Kier alpha value is -1.32. The van der Waals surface area contributed by atoms with Gasteiger partial charge < -0.3 is 0 Å². The van der Waals surface area contributed by atoms with Gasteiger partial charge in [-0.1, -0.05) is 18.2 Å². The Morgan fingerprint density at radius 1 is 1.00 bits per heavy atom. The van der Waals surface area contributed by atoms with Crippen LogP contribution in [0.3, 0.4) is 0 Å². The van der Waals surface area contributed by atoms with E-state index in [-0.39, 0.29) is 0 Å². The molecule has 2 nitrogen and oxygen atoms in total. The summed E-state index contributed by atoms with van der Waals surface area (Å²) in [6, 6.07) is 11.9. The fourth-order valence-corrected chi connectivity index (χ4v) is 1.76. The summed E-state index contributed by atoms with van der Waals surface area (Å²) in [6.07, 6.45) is 0. The zero-order valence-electron chi connectivity index (χ0n) is 7.05. The van der Waals surface area contributed by atoms with E-state index in [1.54, 1.807) is 16.3 Å². The number of anilines is 2. The second-order valence-electron chi connectivity index (χ2n) is 2.69. The molecule has 2 N–H and O–H groups in total. The molecular formula is C10H10N2S. The van der Waals surface area contributed by atoms with Crippen molar-refractivity contribution in [3.05, 3.63) is 47.2 Å². The zero-order chi connectivity index (χ0) is 9.10. The van der Waals surface area contributed by atoms with Gasteiger partial charge in [-0.25, -0.2) is 5.84 Å². The van der Waals surface area contributed by atoms with Crippen LogP contribution >= 0.6 is 11.3 Å². The van der Waals surface area contributed by atoms with Gasteiger partial charge in [0.05, 0.1) is 11.4 Å². The third-order valence-electron chi connectivity index (χ3n) is 1.82. The molecule has 3 heteroatoms. The first-order valence-electron chi connectivity index (χ1n) is 4.00. The highest BCUT2D eigenvalue weighted by Gasteiger charge is 2.02. The van der Waals surface area contributed by atoms with Gasteiger partial charge in [0.25, 0.3) is 0 Å². The second-order valence-corrected chi connectivity index (χ2v) is 3.47. The van der Waals surface area contributed by atoms with E-state index in [0.717, 1.165) is 11.4 Å². The Labute approximate surface area is 81.2 Å². The first-order valence-corrected chi connectivity index (χ1v) is 4.94. The third-order valence-corrected chi connectivity index (χ3v) is 2.49. The maximum absolute atomic E-state index is 5.90. The van der Waals surface area contributed by atoms with Crippen molar-refractivity contribution in [2.24, 2.45) is 5.84 Å². The summed E-state index contributed by atoms with van der Waals surface area (Å²) in [4.78, 5) is 0. The number of nitrogens with zero attached hydrogens (tertiary/aromatic N) is 1. The number of nitrogens with two attached hydrogens (primary N) is 1. The molecule has 0 aliphatic rings. The predicted molar refractivity (Wildman–Crippen MR) is 57.1 cm³/mol. The molecule has 2 rings (SSSR count). The Morgan fingerprint density at radius 2 is 1.77 bits per heavy atom.